The first kappa shape index (κ1) is 16.0. The number of carbonyl (C=O) groups excluding carboxylic acids is 1. The van der Waals surface area contributed by atoms with Gasteiger partial charge in [0.25, 0.3) is 5.91 Å². The van der Waals surface area contributed by atoms with Crippen LogP contribution in [0.15, 0.2) is 24.3 Å². The van der Waals surface area contributed by atoms with Crippen LogP contribution in [0.3, 0.4) is 0 Å². The van der Waals surface area contributed by atoms with E-state index in [1.54, 1.807) is 0 Å². The largest absolute Gasteiger partial charge is 0.337 e. The van der Waals surface area contributed by atoms with Crippen molar-refractivity contribution in [2.24, 2.45) is 5.92 Å². The number of likely N-dealkylation sites (N-methyl/N-ethyl adjacent to an activating group) is 1. The molecule has 3 nitrogen and oxygen atoms in total. The molecule has 0 saturated heterocycles. The summed E-state index contributed by atoms with van der Waals surface area (Å²) in [7, 11) is 0. The molecule has 21 heavy (non-hydrogen) atoms. The highest BCUT2D eigenvalue weighted by Crippen LogP contribution is 2.20. The van der Waals surface area contributed by atoms with E-state index >= 15 is 0 Å². The Labute approximate surface area is 128 Å². The summed E-state index contributed by atoms with van der Waals surface area (Å²) in [5.74, 6) is 0.783. The predicted octanol–water partition coefficient (Wildman–Crippen LogP) is 3.10. The number of benzene rings is 1. The lowest BCUT2D eigenvalue weighted by atomic mass is 9.98. The standard InChI is InChI=1S/C18H28N2O/c1-4-14(3)17(19-5-2)13-20-12-8-10-15-9-6-7-11-16(15)18(20)21/h6-7,9,11,14,17,19H,4-5,8,10,12-13H2,1-3H3. The second-order valence-corrected chi connectivity index (χ2v) is 6.06. The Morgan fingerprint density at radius 1 is 1.29 bits per heavy atom. The molecular formula is C18H28N2O. The lowest BCUT2D eigenvalue weighted by Gasteiger charge is -2.30. The summed E-state index contributed by atoms with van der Waals surface area (Å²) in [6, 6.07) is 8.45. The van der Waals surface area contributed by atoms with Gasteiger partial charge in [0.2, 0.25) is 0 Å². The Morgan fingerprint density at radius 3 is 2.76 bits per heavy atom. The number of nitrogens with one attached hydrogen (secondary N) is 1. The van der Waals surface area contributed by atoms with Gasteiger partial charge in [0, 0.05) is 24.7 Å². The average Bonchev–Trinajstić information content (AvgIpc) is 2.66. The van der Waals surface area contributed by atoms with Crippen molar-refractivity contribution in [2.75, 3.05) is 19.6 Å². The summed E-state index contributed by atoms with van der Waals surface area (Å²) in [6.45, 7) is 9.25. The molecule has 2 rings (SSSR count). The molecule has 1 aromatic carbocycles. The van der Waals surface area contributed by atoms with Gasteiger partial charge in [0.15, 0.2) is 0 Å². The normalized spacial score (nSPS) is 18.0. The van der Waals surface area contributed by atoms with Crippen LogP contribution in [-0.4, -0.2) is 36.5 Å². The summed E-state index contributed by atoms with van der Waals surface area (Å²) in [5.41, 5.74) is 2.10. The fraction of sp³-hybridized carbons (Fsp3) is 0.611. The number of nitrogens with zero attached hydrogens (tertiary/aromatic N) is 1. The molecule has 1 amide bonds. The van der Waals surface area contributed by atoms with Crippen molar-refractivity contribution in [2.45, 2.75) is 46.1 Å². The highest BCUT2D eigenvalue weighted by molar-refractivity contribution is 5.96. The summed E-state index contributed by atoms with van der Waals surface area (Å²) in [6.07, 6.45) is 3.20. The smallest absolute Gasteiger partial charge is 0.254 e. The van der Waals surface area contributed by atoms with Gasteiger partial charge in [-0.3, -0.25) is 4.79 Å². The van der Waals surface area contributed by atoms with Crippen molar-refractivity contribution in [1.82, 2.24) is 10.2 Å². The van der Waals surface area contributed by atoms with Gasteiger partial charge in [0.05, 0.1) is 0 Å². The van der Waals surface area contributed by atoms with Crippen LogP contribution < -0.4 is 5.32 Å². The van der Waals surface area contributed by atoms with E-state index < -0.39 is 0 Å². The average molecular weight is 288 g/mol. The molecule has 0 aliphatic carbocycles. The van der Waals surface area contributed by atoms with Crippen LogP contribution in [0.25, 0.3) is 0 Å². The summed E-state index contributed by atoms with van der Waals surface area (Å²) < 4.78 is 0. The van der Waals surface area contributed by atoms with E-state index in [0.29, 0.717) is 12.0 Å². The molecule has 0 radical (unpaired) electrons. The molecule has 116 valence electrons. The Hall–Kier alpha value is -1.35. The van der Waals surface area contributed by atoms with E-state index in [0.717, 1.165) is 44.5 Å². The van der Waals surface area contributed by atoms with Crippen LogP contribution in [0.4, 0.5) is 0 Å². The van der Waals surface area contributed by atoms with Crippen LogP contribution in [0.2, 0.25) is 0 Å². The molecule has 0 aromatic heterocycles. The Morgan fingerprint density at radius 2 is 2.05 bits per heavy atom. The number of rotatable bonds is 6. The summed E-state index contributed by atoms with van der Waals surface area (Å²) >= 11 is 0. The van der Waals surface area contributed by atoms with Crippen LogP contribution in [0, 0.1) is 5.92 Å². The number of hydrogen-bond donors (Lipinski definition) is 1. The zero-order chi connectivity index (χ0) is 15.2. The minimum Gasteiger partial charge on any atom is -0.337 e. The maximum atomic E-state index is 12.8. The second kappa shape index (κ2) is 7.60. The van der Waals surface area contributed by atoms with Gasteiger partial charge in [-0.2, -0.15) is 0 Å². The van der Waals surface area contributed by atoms with Crippen molar-refractivity contribution in [3.63, 3.8) is 0 Å². The number of hydrogen-bond acceptors (Lipinski definition) is 2. The first-order valence-electron chi connectivity index (χ1n) is 8.27. The van der Waals surface area contributed by atoms with E-state index in [9.17, 15) is 4.79 Å². The number of fused-ring (bicyclic) bond motifs is 1. The van der Waals surface area contributed by atoms with Crippen LogP contribution in [-0.2, 0) is 6.42 Å². The molecule has 1 heterocycles. The molecule has 2 unspecified atom stereocenters. The highest BCUT2D eigenvalue weighted by Gasteiger charge is 2.25. The Balaban J connectivity index is 2.14. The van der Waals surface area contributed by atoms with Gasteiger partial charge < -0.3 is 10.2 Å². The zero-order valence-corrected chi connectivity index (χ0v) is 13.6. The summed E-state index contributed by atoms with van der Waals surface area (Å²) in [4.78, 5) is 14.8. The SMILES string of the molecule is CCNC(CN1CCCc2ccccc2C1=O)C(C)CC. The van der Waals surface area contributed by atoms with Gasteiger partial charge in [-0.1, -0.05) is 45.4 Å². The van der Waals surface area contributed by atoms with Gasteiger partial charge in [0.1, 0.15) is 0 Å². The molecule has 1 aromatic rings. The van der Waals surface area contributed by atoms with Crippen LogP contribution in [0.1, 0.15) is 49.5 Å². The third-order valence-electron chi connectivity index (χ3n) is 4.62. The molecule has 1 aliphatic heterocycles. The van der Waals surface area contributed by atoms with Gasteiger partial charge >= 0.3 is 0 Å². The number of carbonyl (C=O) groups is 1. The van der Waals surface area contributed by atoms with Crippen molar-refractivity contribution in [3.05, 3.63) is 35.4 Å². The third-order valence-corrected chi connectivity index (χ3v) is 4.62. The molecule has 3 heteroatoms. The van der Waals surface area contributed by atoms with Crippen molar-refractivity contribution >= 4 is 5.91 Å². The van der Waals surface area contributed by atoms with Gasteiger partial charge in [-0.15, -0.1) is 0 Å². The minimum absolute atomic E-state index is 0.203. The van der Waals surface area contributed by atoms with E-state index in [1.807, 2.05) is 23.1 Å². The van der Waals surface area contributed by atoms with E-state index in [4.69, 9.17) is 0 Å². The molecule has 0 bridgehead atoms. The zero-order valence-electron chi connectivity index (χ0n) is 13.6. The van der Waals surface area contributed by atoms with E-state index in [1.165, 1.54) is 5.56 Å². The predicted molar refractivity (Wildman–Crippen MR) is 87.6 cm³/mol. The van der Waals surface area contributed by atoms with Crippen molar-refractivity contribution in [3.8, 4) is 0 Å². The molecule has 2 atom stereocenters. The van der Waals surface area contributed by atoms with E-state index in [-0.39, 0.29) is 5.91 Å². The molecule has 1 aliphatic rings. The quantitative estimate of drug-likeness (QED) is 0.872. The van der Waals surface area contributed by atoms with Crippen molar-refractivity contribution < 1.29 is 4.79 Å². The molecular weight excluding hydrogens is 260 g/mol. The topological polar surface area (TPSA) is 32.3 Å². The maximum Gasteiger partial charge on any atom is 0.254 e. The minimum atomic E-state index is 0.203. The maximum absolute atomic E-state index is 12.8. The molecule has 1 N–H and O–H groups in total. The molecule has 0 spiro atoms. The van der Waals surface area contributed by atoms with E-state index in [2.05, 4.69) is 32.2 Å². The first-order valence-corrected chi connectivity index (χ1v) is 8.27. The monoisotopic (exact) mass is 288 g/mol. The fourth-order valence-corrected chi connectivity index (χ4v) is 3.08. The van der Waals surface area contributed by atoms with Gasteiger partial charge in [-0.05, 0) is 36.9 Å². The summed E-state index contributed by atoms with van der Waals surface area (Å²) in [5, 5.41) is 3.55. The number of aryl methyl sites for hydroxylation is 1. The number of amides is 1. The molecule has 0 saturated carbocycles. The van der Waals surface area contributed by atoms with Crippen molar-refractivity contribution in [1.29, 1.82) is 0 Å². The lowest BCUT2D eigenvalue weighted by molar-refractivity contribution is 0.0730. The Bertz CT molecular complexity index is 472. The second-order valence-electron chi connectivity index (χ2n) is 6.06. The first-order chi connectivity index (χ1) is 10.2. The fourth-order valence-electron chi connectivity index (χ4n) is 3.08. The lowest BCUT2D eigenvalue weighted by Crippen LogP contribution is -2.46. The van der Waals surface area contributed by atoms with Gasteiger partial charge in [-0.25, -0.2) is 0 Å². The highest BCUT2D eigenvalue weighted by atomic mass is 16.2. The van der Waals surface area contributed by atoms with Crippen LogP contribution in [0.5, 0.6) is 0 Å². The molecule has 0 fully saturated rings. The third kappa shape index (κ3) is 3.85. The van der Waals surface area contributed by atoms with Crippen LogP contribution >= 0.6 is 0 Å². The Kier molecular flexibility index (Phi) is 5.80.